The van der Waals surface area contributed by atoms with Crippen molar-refractivity contribution < 1.29 is 24.0 Å². The van der Waals surface area contributed by atoms with Crippen LogP contribution in [0.5, 0.6) is 0 Å². The Labute approximate surface area is 152 Å². The van der Waals surface area contributed by atoms with Gasteiger partial charge in [0.05, 0.1) is 5.56 Å². The van der Waals surface area contributed by atoms with E-state index >= 15 is 0 Å². The molecule has 2 saturated heterocycles. The highest BCUT2D eigenvalue weighted by Gasteiger charge is 2.57. The molecule has 26 heavy (non-hydrogen) atoms. The summed E-state index contributed by atoms with van der Waals surface area (Å²) in [6.07, 6.45) is 0.510. The molecule has 0 radical (unpaired) electrons. The van der Waals surface area contributed by atoms with Crippen molar-refractivity contribution in [2.45, 2.75) is 26.4 Å². The number of aldehydes is 1. The van der Waals surface area contributed by atoms with Crippen LogP contribution in [0.2, 0.25) is 0 Å². The summed E-state index contributed by atoms with van der Waals surface area (Å²) in [6.45, 7) is 7.05. The van der Waals surface area contributed by atoms with E-state index in [0.717, 1.165) is 6.29 Å². The number of likely N-dealkylation sites (tertiary alicyclic amines) is 1. The van der Waals surface area contributed by atoms with Crippen LogP contribution in [0.15, 0.2) is 30.3 Å². The number of ether oxygens (including phenoxy) is 1. The van der Waals surface area contributed by atoms with Crippen LogP contribution < -0.4 is 0 Å². The number of rotatable bonds is 3. The Morgan fingerprint density at radius 1 is 1.15 bits per heavy atom. The predicted octanol–water partition coefficient (Wildman–Crippen LogP) is 2.13. The molecular weight excluding hydrogens is 336 g/mol. The van der Waals surface area contributed by atoms with Crippen LogP contribution in [-0.2, 0) is 14.4 Å². The van der Waals surface area contributed by atoms with Gasteiger partial charge in [0.25, 0.3) is 0 Å². The molecule has 0 saturated carbocycles. The van der Waals surface area contributed by atoms with E-state index in [4.69, 9.17) is 9.57 Å². The first-order chi connectivity index (χ1) is 12.2. The maximum Gasteiger partial charge on any atom is 0.410 e. The summed E-state index contributed by atoms with van der Waals surface area (Å²) >= 11 is 0. The molecule has 0 N–H and O–H groups in total. The number of benzene rings is 1. The molecular formula is C19H24N2O5. The molecule has 2 fully saturated rings. The van der Waals surface area contributed by atoms with Crippen molar-refractivity contribution in [1.29, 1.82) is 0 Å². The van der Waals surface area contributed by atoms with E-state index in [1.165, 1.54) is 5.06 Å². The highest BCUT2D eigenvalue weighted by molar-refractivity contribution is 5.89. The third kappa shape index (κ3) is 3.72. The van der Waals surface area contributed by atoms with Gasteiger partial charge in [-0.25, -0.2) is 9.59 Å². The molecule has 1 aromatic rings. The summed E-state index contributed by atoms with van der Waals surface area (Å²) in [5.74, 6) is -0.736. The third-order valence-corrected chi connectivity index (χ3v) is 4.73. The number of nitrogens with zero attached hydrogens (tertiary/aromatic N) is 2. The van der Waals surface area contributed by atoms with Crippen LogP contribution in [-0.4, -0.2) is 60.1 Å². The molecule has 7 nitrogen and oxygen atoms in total. The zero-order chi connectivity index (χ0) is 18.9. The van der Waals surface area contributed by atoms with Crippen molar-refractivity contribution in [1.82, 2.24) is 9.96 Å². The van der Waals surface area contributed by atoms with E-state index < -0.39 is 11.6 Å². The van der Waals surface area contributed by atoms with Crippen LogP contribution in [0.4, 0.5) is 4.79 Å². The van der Waals surface area contributed by atoms with Gasteiger partial charge in [0, 0.05) is 37.5 Å². The molecule has 0 aliphatic carbocycles. The van der Waals surface area contributed by atoms with Crippen LogP contribution in [0, 0.1) is 11.3 Å². The maximum atomic E-state index is 12.2. The molecule has 140 valence electrons. The van der Waals surface area contributed by atoms with Crippen molar-refractivity contribution in [3.05, 3.63) is 35.9 Å². The Bertz CT molecular complexity index is 692. The molecule has 1 aromatic carbocycles. The SMILES string of the molecule is CC(C)(C)OC(=O)N1CC2(CN(OC(=O)c3ccccc3)CC2C=O)C1. The molecule has 2 aliphatic rings. The first kappa shape index (κ1) is 18.4. The van der Waals surface area contributed by atoms with Gasteiger partial charge in [-0.05, 0) is 32.9 Å². The Morgan fingerprint density at radius 3 is 2.38 bits per heavy atom. The maximum absolute atomic E-state index is 12.2. The number of amides is 1. The smallest absolute Gasteiger partial charge is 0.410 e. The molecule has 3 rings (SSSR count). The minimum Gasteiger partial charge on any atom is -0.444 e. The highest BCUT2D eigenvalue weighted by Crippen LogP contribution is 2.43. The molecule has 0 bridgehead atoms. The second-order valence-electron chi connectivity index (χ2n) is 8.01. The molecule has 2 aliphatic heterocycles. The van der Waals surface area contributed by atoms with E-state index in [1.54, 1.807) is 29.2 Å². The summed E-state index contributed by atoms with van der Waals surface area (Å²) < 4.78 is 5.36. The predicted molar refractivity (Wildman–Crippen MR) is 93.2 cm³/mol. The fourth-order valence-corrected chi connectivity index (χ4v) is 3.45. The summed E-state index contributed by atoms with van der Waals surface area (Å²) in [4.78, 5) is 42.9. The van der Waals surface area contributed by atoms with Crippen molar-refractivity contribution >= 4 is 18.3 Å². The van der Waals surface area contributed by atoms with E-state index in [-0.39, 0.29) is 17.4 Å². The number of carbonyl (C=O) groups is 3. The van der Waals surface area contributed by atoms with Gasteiger partial charge in [-0.3, -0.25) is 0 Å². The summed E-state index contributed by atoms with van der Waals surface area (Å²) in [7, 11) is 0. The molecule has 0 aromatic heterocycles. The van der Waals surface area contributed by atoms with E-state index in [0.29, 0.717) is 31.7 Å². The zero-order valence-electron chi connectivity index (χ0n) is 15.3. The van der Waals surface area contributed by atoms with Gasteiger partial charge in [0.1, 0.15) is 11.9 Å². The van der Waals surface area contributed by atoms with Gasteiger partial charge in [-0.1, -0.05) is 18.2 Å². The first-order valence-electron chi connectivity index (χ1n) is 8.68. The van der Waals surface area contributed by atoms with Gasteiger partial charge in [0.15, 0.2) is 0 Å². The van der Waals surface area contributed by atoms with E-state index in [1.807, 2.05) is 26.8 Å². The standard InChI is InChI=1S/C19H24N2O5/c1-18(2,3)25-17(24)20-11-19(12-20)13-21(9-15(19)10-22)26-16(23)14-7-5-4-6-8-14/h4-8,10,15H,9,11-13H2,1-3H3. The van der Waals surface area contributed by atoms with Crippen molar-refractivity contribution in [2.75, 3.05) is 26.2 Å². The van der Waals surface area contributed by atoms with Crippen LogP contribution in [0.25, 0.3) is 0 Å². The minimum absolute atomic E-state index is 0.287. The fourth-order valence-electron chi connectivity index (χ4n) is 3.45. The number of hydroxylamine groups is 2. The molecule has 2 heterocycles. The monoisotopic (exact) mass is 360 g/mol. The third-order valence-electron chi connectivity index (χ3n) is 4.73. The van der Waals surface area contributed by atoms with Crippen LogP contribution >= 0.6 is 0 Å². The zero-order valence-corrected chi connectivity index (χ0v) is 15.3. The van der Waals surface area contributed by atoms with Crippen molar-refractivity contribution in [3.63, 3.8) is 0 Å². The summed E-state index contributed by atoms with van der Waals surface area (Å²) in [6, 6.07) is 8.71. The lowest BCUT2D eigenvalue weighted by atomic mass is 9.72. The largest absolute Gasteiger partial charge is 0.444 e. The van der Waals surface area contributed by atoms with Crippen molar-refractivity contribution in [2.24, 2.45) is 11.3 Å². The Morgan fingerprint density at radius 2 is 1.81 bits per heavy atom. The van der Waals surface area contributed by atoms with Gasteiger partial charge < -0.3 is 19.3 Å². The Balaban J connectivity index is 1.59. The van der Waals surface area contributed by atoms with Crippen LogP contribution in [0.1, 0.15) is 31.1 Å². The second kappa shape index (κ2) is 6.72. The Kier molecular flexibility index (Phi) is 4.75. The fraction of sp³-hybridized carbons (Fsp3) is 0.526. The number of hydrogen-bond acceptors (Lipinski definition) is 6. The summed E-state index contributed by atoms with van der Waals surface area (Å²) in [5, 5.41) is 1.53. The first-order valence-corrected chi connectivity index (χ1v) is 8.68. The topological polar surface area (TPSA) is 76.2 Å². The van der Waals surface area contributed by atoms with Gasteiger partial charge in [-0.2, -0.15) is 0 Å². The van der Waals surface area contributed by atoms with Crippen molar-refractivity contribution in [3.8, 4) is 0 Å². The van der Waals surface area contributed by atoms with E-state index in [9.17, 15) is 14.4 Å². The average molecular weight is 360 g/mol. The number of carbonyl (C=O) groups excluding carboxylic acids is 3. The second-order valence-corrected chi connectivity index (χ2v) is 8.01. The Hall–Kier alpha value is -2.41. The van der Waals surface area contributed by atoms with Gasteiger partial charge in [-0.15, -0.1) is 5.06 Å². The highest BCUT2D eigenvalue weighted by atomic mass is 16.7. The van der Waals surface area contributed by atoms with Gasteiger partial charge >= 0.3 is 12.1 Å². The lowest BCUT2D eigenvalue weighted by Gasteiger charge is -2.49. The number of hydrogen-bond donors (Lipinski definition) is 0. The molecule has 1 amide bonds. The minimum atomic E-state index is -0.559. The average Bonchev–Trinajstić information content (AvgIpc) is 2.91. The molecule has 7 heteroatoms. The molecule has 1 unspecified atom stereocenters. The summed E-state index contributed by atoms with van der Waals surface area (Å²) in [5.41, 5.74) is -0.480. The lowest BCUT2D eigenvalue weighted by molar-refractivity contribution is -0.118. The normalized spacial score (nSPS) is 22.0. The molecule has 1 spiro atoms. The molecule has 1 atom stereocenters. The quantitative estimate of drug-likeness (QED) is 0.769. The van der Waals surface area contributed by atoms with E-state index in [2.05, 4.69) is 0 Å². The van der Waals surface area contributed by atoms with Gasteiger partial charge in [0.2, 0.25) is 0 Å². The lowest BCUT2D eigenvalue weighted by Crippen LogP contribution is -2.63. The van der Waals surface area contributed by atoms with Crippen LogP contribution in [0.3, 0.4) is 0 Å².